The van der Waals surface area contributed by atoms with Crippen LogP contribution in [0.5, 0.6) is 0 Å². The quantitative estimate of drug-likeness (QED) is 0.228. The highest BCUT2D eigenvalue weighted by Crippen LogP contribution is 2.35. The number of H-pyrrole nitrogens is 2. The Balaban J connectivity index is 1.20. The van der Waals surface area contributed by atoms with Gasteiger partial charge >= 0.3 is 0 Å². The Hall–Kier alpha value is -3.88. The molecule has 0 radical (unpaired) electrons. The van der Waals surface area contributed by atoms with Gasteiger partial charge in [0.2, 0.25) is 0 Å². The van der Waals surface area contributed by atoms with Crippen LogP contribution in [0.25, 0.3) is 55.0 Å². The van der Waals surface area contributed by atoms with Gasteiger partial charge in [-0.15, -0.1) is 11.3 Å². The van der Waals surface area contributed by atoms with Crippen LogP contribution in [0.4, 0.5) is 0 Å². The number of fused-ring (bicyclic) bond motifs is 2. The maximum absolute atomic E-state index is 4.65. The van der Waals surface area contributed by atoms with E-state index in [1.54, 1.807) is 11.3 Å². The zero-order chi connectivity index (χ0) is 24.6. The molecular formula is C29H27N7S. The average Bonchev–Trinajstić information content (AvgIpc) is 3.74. The van der Waals surface area contributed by atoms with E-state index in [1.165, 1.54) is 31.2 Å². The molecule has 0 amide bonds. The summed E-state index contributed by atoms with van der Waals surface area (Å²) in [5, 5.41) is 15.4. The number of rotatable bonds is 7. The molecule has 37 heavy (non-hydrogen) atoms. The number of pyridine rings is 3. The van der Waals surface area contributed by atoms with Crippen molar-refractivity contribution in [2.24, 2.45) is 5.92 Å². The lowest BCUT2D eigenvalue weighted by molar-refractivity contribution is 0.489. The monoisotopic (exact) mass is 505 g/mol. The van der Waals surface area contributed by atoms with Gasteiger partial charge in [-0.05, 0) is 66.6 Å². The predicted molar refractivity (Wildman–Crippen MR) is 149 cm³/mol. The lowest BCUT2D eigenvalue weighted by Crippen LogP contribution is -2.20. The molecule has 6 heterocycles. The van der Waals surface area contributed by atoms with E-state index in [-0.39, 0.29) is 0 Å². The summed E-state index contributed by atoms with van der Waals surface area (Å²) < 4.78 is 0. The van der Waals surface area contributed by atoms with Crippen molar-refractivity contribution in [3.63, 3.8) is 0 Å². The van der Waals surface area contributed by atoms with Crippen molar-refractivity contribution in [1.82, 2.24) is 35.5 Å². The highest BCUT2D eigenvalue weighted by Gasteiger charge is 2.16. The van der Waals surface area contributed by atoms with E-state index >= 15 is 0 Å². The molecule has 1 saturated carbocycles. The summed E-state index contributed by atoms with van der Waals surface area (Å²) in [5.41, 5.74) is 7.87. The third-order valence-corrected chi connectivity index (χ3v) is 8.22. The summed E-state index contributed by atoms with van der Waals surface area (Å²) in [6.07, 6.45) is 13.0. The van der Waals surface area contributed by atoms with Crippen LogP contribution >= 0.6 is 11.3 Å². The Labute approximate surface area is 218 Å². The van der Waals surface area contributed by atoms with Gasteiger partial charge in [-0.1, -0.05) is 18.9 Å². The van der Waals surface area contributed by atoms with E-state index in [0.717, 1.165) is 68.4 Å². The van der Waals surface area contributed by atoms with E-state index in [2.05, 4.69) is 71.2 Å². The minimum atomic E-state index is 0.691. The Morgan fingerprint density at radius 1 is 0.973 bits per heavy atom. The molecule has 8 heteroatoms. The zero-order valence-corrected chi connectivity index (χ0v) is 21.2. The molecule has 0 atom stereocenters. The van der Waals surface area contributed by atoms with Crippen molar-refractivity contribution in [2.75, 3.05) is 6.54 Å². The molecular weight excluding hydrogens is 478 g/mol. The van der Waals surface area contributed by atoms with Gasteiger partial charge in [0.25, 0.3) is 0 Å². The molecule has 7 rings (SSSR count). The largest absolute Gasteiger partial charge is 0.353 e. The summed E-state index contributed by atoms with van der Waals surface area (Å²) in [6.45, 7) is 1.92. The summed E-state index contributed by atoms with van der Waals surface area (Å²) in [7, 11) is 0. The van der Waals surface area contributed by atoms with E-state index in [4.69, 9.17) is 0 Å². The molecule has 0 spiro atoms. The number of hydrogen-bond donors (Lipinski definition) is 3. The standard InChI is InChI=1S/C29H27N7S/c1-2-5-18(4-1)13-30-14-19-10-20(16-31-15-19)21-11-23-27(35-36-29(23)33-17-21)25-12-22-24(34-25)7-8-32-28(22)26-6-3-9-37-26/h3,6-12,15-18,30,34H,1-2,4-5,13-14H2,(H,33,35,36). The van der Waals surface area contributed by atoms with Gasteiger partial charge in [-0.25, -0.2) is 4.98 Å². The summed E-state index contributed by atoms with van der Waals surface area (Å²) in [4.78, 5) is 18.5. The second-order valence-electron chi connectivity index (χ2n) is 9.84. The Kier molecular flexibility index (Phi) is 5.75. The van der Waals surface area contributed by atoms with Crippen molar-refractivity contribution in [2.45, 2.75) is 32.2 Å². The van der Waals surface area contributed by atoms with Crippen molar-refractivity contribution >= 4 is 33.3 Å². The van der Waals surface area contributed by atoms with E-state index in [9.17, 15) is 0 Å². The van der Waals surface area contributed by atoms with Crippen LogP contribution in [-0.2, 0) is 6.54 Å². The molecule has 184 valence electrons. The first-order chi connectivity index (χ1) is 18.3. The van der Waals surface area contributed by atoms with Crippen LogP contribution in [-0.4, -0.2) is 36.7 Å². The van der Waals surface area contributed by atoms with Crippen molar-refractivity contribution in [3.8, 4) is 33.1 Å². The summed E-state index contributed by atoms with van der Waals surface area (Å²) in [6, 6.07) is 12.7. The summed E-state index contributed by atoms with van der Waals surface area (Å²) >= 11 is 1.69. The first-order valence-corrected chi connectivity index (χ1v) is 13.7. The lowest BCUT2D eigenvalue weighted by atomic mass is 10.1. The molecule has 1 aliphatic rings. The first kappa shape index (κ1) is 22.3. The molecule has 0 bridgehead atoms. The fourth-order valence-corrected chi connectivity index (χ4v) is 6.17. The van der Waals surface area contributed by atoms with Crippen LogP contribution in [0.1, 0.15) is 31.2 Å². The number of nitrogens with one attached hydrogen (secondary N) is 3. The number of aromatic amines is 2. The first-order valence-electron chi connectivity index (χ1n) is 12.8. The van der Waals surface area contributed by atoms with Gasteiger partial charge in [-0.3, -0.25) is 15.1 Å². The second-order valence-corrected chi connectivity index (χ2v) is 10.8. The van der Waals surface area contributed by atoms with Gasteiger partial charge in [-0.2, -0.15) is 5.10 Å². The molecule has 0 aliphatic heterocycles. The van der Waals surface area contributed by atoms with Crippen LogP contribution in [0.15, 0.2) is 66.6 Å². The minimum Gasteiger partial charge on any atom is -0.353 e. The number of aromatic nitrogens is 6. The van der Waals surface area contributed by atoms with Crippen LogP contribution in [0, 0.1) is 5.92 Å². The number of thiophene rings is 1. The van der Waals surface area contributed by atoms with Crippen molar-refractivity contribution in [1.29, 1.82) is 0 Å². The minimum absolute atomic E-state index is 0.691. The van der Waals surface area contributed by atoms with Gasteiger partial charge in [0, 0.05) is 58.7 Å². The molecule has 6 aromatic rings. The van der Waals surface area contributed by atoms with Crippen LogP contribution < -0.4 is 5.32 Å². The van der Waals surface area contributed by atoms with Crippen LogP contribution in [0.3, 0.4) is 0 Å². The van der Waals surface area contributed by atoms with Gasteiger partial charge in [0.15, 0.2) is 5.65 Å². The molecule has 1 aliphatic carbocycles. The van der Waals surface area contributed by atoms with E-state index in [0.29, 0.717) is 5.65 Å². The third-order valence-electron chi connectivity index (χ3n) is 7.35. The second kappa shape index (κ2) is 9.53. The smallest absolute Gasteiger partial charge is 0.181 e. The maximum Gasteiger partial charge on any atom is 0.181 e. The van der Waals surface area contributed by atoms with Gasteiger partial charge in [0.05, 0.1) is 22.0 Å². The molecule has 0 saturated heterocycles. The number of hydrogen-bond acceptors (Lipinski definition) is 6. The van der Waals surface area contributed by atoms with Crippen molar-refractivity contribution in [3.05, 3.63) is 72.1 Å². The molecule has 0 aromatic carbocycles. The molecule has 6 aromatic heterocycles. The zero-order valence-electron chi connectivity index (χ0n) is 20.4. The Morgan fingerprint density at radius 2 is 1.89 bits per heavy atom. The fourth-order valence-electron chi connectivity index (χ4n) is 5.44. The van der Waals surface area contributed by atoms with E-state index in [1.807, 2.05) is 30.9 Å². The normalized spacial score (nSPS) is 14.3. The maximum atomic E-state index is 4.65. The lowest BCUT2D eigenvalue weighted by Gasteiger charge is -2.11. The third kappa shape index (κ3) is 4.32. The Bertz CT molecular complexity index is 1680. The highest BCUT2D eigenvalue weighted by molar-refractivity contribution is 7.13. The van der Waals surface area contributed by atoms with Gasteiger partial charge < -0.3 is 10.3 Å². The summed E-state index contributed by atoms with van der Waals surface area (Å²) in [5.74, 6) is 0.823. The number of nitrogens with zero attached hydrogens (tertiary/aromatic N) is 4. The molecule has 1 fully saturated rings. The van der Waals surface area contributed by atoms with Crippen LogP contribution in [0.2, 0.25) is 0 Å². The highest BCUT2D eigenvalue weighted by atomic mass is 32.1. The molecule has 7 nitrogen and oxygen atoms in total. The fraction of sp³-hybridized carbons (Fsp3) is 0.241. The van der Waals surface area contributed by atoms with Crippen molar-refractivity contribution < 1.29 is 0 Å². The Morgan fingerprint density at radius 3 is 2.78 bits per heavy atom. The predicted octanol–water partition coefficient (Wildman–Crippen LogP) is 6.57. The van der Waals surface area contributed by atoms with E-state index < -0.39 is 0 Å². The topological polar surface area (TPSA) is 95.2 Å². The van der Waals surface area contributed by atoms with Gasteiger partial charge in [0.1, 0.15) is 0 Å². The SMILES string of the molecule is c1csc(-c2nccc3[nH]c(-c4[nH]nc5ncc(-c6cncc(CNCC7CCCC7)c6)cc45)cc23)c1. The average molecular weight is 506 g/mol. The molecule has 0 unspecified atom stereocenters. The molecule has 3 N–H and O–H groups in total.